The quantitative estimate of drug-likeness (QED) is 0.626. The van der Waals surface area contributed by atoms with Crippen molar-refractivity contribution < 1.29 is 15.2 Å². The summed E-state index contributed by atoms with van der Waals surface area (Å²) in [6.45, 7) is 0.786. The molecule has 27 heavy (non-hydrogen) atoms. The van der Waals surface area contributed by atoms with E-state index >= 15 is 0 Å². The van der Waals surface area contributed by atoms with Crippen molar-refractivity contribution in [2.24, 2.45) is 0 Å². The summed E-state index contributed by atoms with van der Waals surface area (Å²) in [4.78, 5) is 27.5. The van der Waals surface area contributed by atoms with Crippen LogP contribution in [-0.2, 0) is 6.42 Å². The third-order valence-corrected chi connectivity index (χ3v) is 4.96. The van der Waals surface area contributed by atoms with Gasteiger partial charge in [-0.05, 0) is 17.7 Å². The van der Waals surface area contributed by atoms with Gasteiger partial charge < -0.3 is 15.2 Å². The number of nitrogens with two attached hydrogens (primary N) is 1. The normalized spacial score (nSPS) is 16.0. The predicted molar refractivity (Wildman–Crippen MR) is 99.7 cm³/mol. The minimum atomic E-state index is -0.713. The zero-order valence-electron chi connectivity index (χ0n) is 14.8. The number of aromatic hydroxyl groups is 1. The molecule has 4 rings (SSSR count). The zero-order chi connectivity index (χ0) is 19.0. The van der Waals surface area contributed by atoms with E-state index in [4.69, 9.17) is 4.74 Å². The number of H-pyrrole nitrogens is 1. The Morgan fingerprint density at radius 1 is 1.15 bits per heavy atom. The van der Waals surface area contributed by atoms with Gasteiger partial charge >= 0.3 is 5.69 Å². The largest absolute Gasteiger partial charge is 0.495 e. The maximum absolute atomic E-state index is 12.6. The third-order valence-electron chi connectivity index (χ3n) is 4.96. The summed E-state index contributed by atoms with van der Waals surface area (Å²) in [5.41, 5.74) is 1.34. The summed E-state index contributed by atoms with van der Waals surface area (Å²) in [6.07, 6.45) is 0.886. The summed E-state index contributed by atoms with van der Waals surface area (Å²) in [7, 11) is 1.48. The molecule has 0 saturated carbocycles. The maximum Gasteiger partial charge on any atom is 0.335 e. The number of hydrogen-bond acceptors (Lipinski definition) is 4. The van der Waals surface area contributed by atoms with E-state index in [1.54, 1.807) is 24.3 Å². The number of fused-ring (bicyclic) bond motifs is 1. The third kappa shape index (κ3) is 2.82. The van der Waals surface area contributed by atoms with Crippen LogP contribution < -0.4 is 21.3 Å². The molecule has 4 N–H and O–H groups in total. The first-order chi connectivity index (χ1) is 13.1. The molecule has 7 heteroatoms. The van der Waals surface area contributed by atoms with Crippen LogP contribution in [0.4, 0.5) is 0 Å². The second-order valence-electron chi connectivity index (χ2n) is 6.45. The fraction of sp³-hybridized carbons (Fsp3) is 0.200. The van der Waals surface area contributed by atoms with Crippen LogP contribution in [0.15, 0.2) is 58.1 Å². The van der Waals surface area contributed by atoms with E-state index in [2.05, 4.69) is 4.98 Å². The van der Waals surface area contributed by atoms with Gasteiger partial charge in [0.05, 0.1) is 19.3 Å². The highest BCUT2D eigenvalue weighted by molar-refractivity contribution is 5.50. The first kappa shape index (κ1) is 17.1. The van der Waals surface area contributed by atoms with Crippen molar-refractivity contribution >= 4 is 0 Å². The molecule has 2 aromatic carbocycles. The lowest BCUT2D eigenvalue weighted by molar-refractivity contribution is -0.690. The van der Waals surface area contributed by atoms with Crippen LogP contribution in [0.1, 0.15) is 22.7 Å². The van der Waals surface area contributed by atoms with Gasteiger partial charge in [-0.3, -0.25) is 9.78 Å². The molecule has 1 atom stereocenters. The van der Waals surface area contributed by atoms with Crippen LogP contribution in [0.25, 0.3) is 5.69 Å². The van der Waals surface area contributed by atoms with Crippen LogP contribution in [0.3, 0.4) is 0 Å². The molecule has 0 unspecified atom stereocenters. The molecule has 138 valence electrons. The Bertz CT molecular complexity index is 1120. The average molecular weight is 366 g/mol. The number of nitrogens with one attached hydrogen (secondary N) is 1. The Balaban J connectivity index is 1.97. The molecule has 1 aliphatic rings. The van der Waals surface area contributed by atoms with Gasteiger partial charge in [0.1, 0.15) is 17.4 Å². The molecule has 3 aromatic rings. The summed E-state index contributed by atoms with van der Waals surface area (Å²) in [5.74, 6) is 0.0483. The molecule has 0 spiro atoms. The molecular formula is C20H20N3O4+. The number of aromatic nitrogens is 2. The van der Waals surface area contributed by atoms with Crippen molar-refractivity contribution in [1.29, 1.82) is 0 Å². The van der Waals surface area contributed by atoms with Gasteiger partial charge in [-0.15, -0.1) is 0 Å². The molecule has 0 radical (unpaired) electrons. The van der Waals surface area contributed by atoms with Gasteiger partial charge in [0.15, 0.2) is 0 Å². The monoisotopic (exact) mass is 366 g/mol. The second-order valence-corrected chi connectivity index (χ2v) is 6.45. The van der Waals surface area contributed by atoms with E-state index in [0.717, 1.165) is 28.7 Å². The molecule has 2 heterocycles. The second kappa shape index (κ2) is 6.77. The Morgan fingerprint density at radius 2 is 1.89 bits per heavy atom. The lowest BCUT2D eigenvalue weighted by Crippen LogP contribution is -2.87. The molecule has 1 aromatic heterocycles. The van der Waals surface area contributed by atoms with Crippen LogP contribution in [0.5, 0.6) is 11.6 Å². The van der Waals surface area contributed by atoms with E-state index in [1.807, 2.05) is 29.6 Å². The maximum atomic E-state index is 12.6. The summed E-state index contributed by atoms with van der Waals surface area (Å²) in [5, 5.41) is 13.0. The van der Waals surface area contributed by atoms with Crippen molar-refractivity contribution in [2.75, 3.05) is 13.7 Å². The van der Waals surface area contributed by atoms with Crippen LogP contribution in [0, 0.1) is 0 Å². The van der Waals surface area contributed by atoms with E-state index < -0.39 is 11.2 Å². The molecular weight excluding hydrogens is 346 g/mol. The van der Waals surface area contributed by atoms with Gasteiger partial charge in [-0.25, -0.2) is 9.36 Å². The number of aromatic amines is 1. The van der Waals surface area contributed by atoms with E-state index in [1.165, 1.54) is 7.11 Å². The van der Waals surface area contributed by atoms with Crippen molar-refractivity contribution in [2.45, 2.75) is 12.5 Å². The number of rotatable bonds is 3. The van der Waals surface area contributed by atoms with Crippen LogP contribution in [0.2, 0.25) is 0 Å². The first-order valence-electron chi connectivity index (χ1n) is 8.74. The van der Waals surface area contributed by atoms with E-state index in [9.17, 15) is 14.7 Å². The Kier molecular flexibility index (Phi) is 4.29. The smallest absolute Gasteiger partial charge is 0.335 e. The zero-order valence-corrected chi connectivity index (χ0v) is 14.8. The Morgan fingerprint density at radius 3 is 2.70 bits per heavy atom. The van der Waals surface area contributed by atoms with Gasteiger partial charge in [0, 0.05) is 12.0 Å². The molecule has 0 saturated heterocycles. The van der Waals surface area contributed by atoms with Gasteiger partial charge in [0.25, 0.3) is 5.56 Å². The van der Waals surface area contributed by atoms with Gasteiger partial charge in [0.2, 0.25) is 5.88 Å². The average Bonchev–Trinajstić information content (AvgIpc) is 2.68. The summed E-state index contributed by atoms with van der Waals surface area (Å²) in [6, 6.07) is 14.3. The van der Waals surface area contributed by atoms with Gasteiger partial charge in [-0.2, -0.15) is 0 Å². The van der Waals surface area contributed by atoms with Crippen molar-refractivity contribution in [3.63, 3.8) is 0 Å². The minimum absolute atomic E-state index is 0.160. The van der Waals surface area contributed by atoms with Crippen molar-refractivity contribution in [3.8, 4) is 17.3 Å². The van der Waals surface area contributed by atoms with Crippen LogP contribution in [-0.4, -0.2) is 28.3 Å². The number of benzene rings is 2. The van der Waals surface area contributed by atoms with Crippen molar-refractivity contribution in [3.05, 3.63) is 86.1 Å². The van der Waals surface area contributed by atoms with E-state index in [0.29, 0.717) is 11.4 Å². The molecule has 7 nitrogen and oxygen atoms in total. The SMILES string of the molecule is COc1ccccc1-n1c(O)c([C@H]2[NH2+]CCc3ccccc32)c(=O)[nH]c1=O. The lowest BCUT2D eigenvalue weighted by Gasteiger charge is -2.24. The minimum Gasteiger partial charge on any atom is -0.495 e. The fourth-order valence-electron chi connectivity index (χ4n) is 3.73. The molecule has 1 aliphatic heterocycles. The predicted octanol–water partition coefficient (Wildman–Crippen LogP) is 0.449. The lowest BCUT2D eigenvalue weighted by atomic mass is 9.90. The summed E-state index contributed by atoms with van der Waals surface area (Å²) < 4.78 is 6.39. The number of hydrogen-bond donors (Lipinski definition) is 3. The number of para-hydroxylation sites is 2. The molecule has 0 fully saturated rings. The van der Waals surface area contributed by atoms with Crippen LogP contribution >= 0.6 is 0 Å². The Labute approximate surface area is 154 Å². The van der Waals surface area contributed by atoms with Gasteiger partial charge in [-0.1, -0.05) is 36.4 Å². The molecule has 0 amide bonds. The molecule has 0 bridgehead atoms. The van der Waals surface area contributed by atoms with E-state index in [-0.39, 0.29) is 17.5 Å². The first-order valence-corrected chi connectivity index (χ1v) is 8.74. The molecule has 0 aliphatic carbocycles. The highest BCUT2D eigenvalue weighted by Crippen LogP contribution is 2.30. The highest BCUT2D eigenvalue weighted by Gasteiger charge is 2.32. The number of methoxy groups -OCH3 is 1. The topological polar surface area (TPSA) is 101 Å². The number of nitrogens with zero attached hydrogens (tertiary/aromatic N) is 1. The van der Waals surface area contributed by atoms with Crippen molar-refractivity contribution in [1.82, 2.24) is 9.55 Å². The fourth-order valence-corrected chi connectivity index (χ4v) is 3.73. The number of ether oxygens (including phenoxy) is 1. The highest BCUT2D eigenvalue weighted by atomic mass is 16.5. The summed E-state index contributed by atoms with van der Waals surface area (Å²) >= 11 is 0. The Hall–Kier alpha value is -3.32. The standard InChI is InChI=1S/C20H19N3O4/c1-27-15-9-5-4-8-14(15)23-19(25)16(18(24)22-20(23)26)17-13-7-3-2-6-12(13)10-11-21-17/h2-9,17,21,25H,10-11H2,1H3,(H,22,24,26)/p+1/t17-/m0/s1. The number of quaternary nitrogens is 1.